The lowest BCUT2D eigenvalue weighted by Gasteiger charge is -2.17. The lowest BCUT2D eigenvalue weighted by atomic mass is 10.1. The number of nitrogens with one attached hydrogen (secondary N) is 1. The molecule has 5 rings (SSSR count). The van der Waals surface area contributed by atoms with Crippen molar-refractivity contribution in [2.75, 3.05) is 23.3 Å². The predicted molar refractivity (Wildman–Crippen MR) is 127 cm³/mol. The van der Waals surface area contributed by atoms with Crippen LogP contribution in [-0.4, -0.2) is 28.9 Å². The quantitative estimate of drug-likeness (QED) is 0.292. The van der Waals surface area contributed by atoms with Crippen molar-refractivity contribution in [1.29, 1.82) is 0 Å². The molecule has 0 unspecified atom stereocenters. The fourth-order valence-corrected chi connectivity index (χ4v) is 4.13. The second kappa shape index (κ2) is 8.55. The van der Waals surface area contributed by atoms with Crippen LogP contribution in [-0.2, 0) is 0 Å². The Morgan fingerprint density at radius 2 is 1.82 bits per heavy atom. The minimum absolute atomic E-state index is 0.0593. The molecule has 1 N–H and O–H groups in total. The molecule has 1 aliphatic heterocycles. The summed E-state index contributed by atoms with van der Waals surface area (Å²) in [6.07, 6.45) is 2.01. The first-order chi connectivity index (χ1) is 16.0. The molecule has 0 bridgehead atoms. The highest BCUT2D eigenvalue weighted by Gasteiger charge is 2.24. The van der Waals surface area contributed by atoms with Crippen molar-refractivity contribution in [3.8, 4) is 11.5 Å². The zero-order valence-corrected chi connectivity index (χ0v) is 18.2. The zero-order valence-electron chi connectivity index (χ0n) is 17.5. The highest BCUT2D eigenvalue weighted by atomic mass is 35.5. The average Bonchev–Trinajstić information content (AvgIpc) is 3.49. The lowest BCUT2D eigenvalue weighted by Crippen LogP contribution is -2.19. The third kappa shape index (κ3) is 4.25. The van der Waals surface area contributed by atoms with Gasteiger partial charge in [0.1, 0.15) is 11.2 Å². The van der Waals surface area contributed by atoms with Crippen molar-refractivity contribution < 1.29 is 14.1 Å². The smallest absolute Gasteiger partial charge is 0.293 e. The van der Waals surface area contributed by atoms with E-state index in [4.69, 9.17) is 16.0 Å². The number of nitro benzene ring substituents is 1. The molecule has 0 radical (unpaired) electrons. The Morgan fingerprint density at radius 3 is 2.55 bits per heavy atom. The van der Waals surface area contributed by atoms with E-state index in [0.717, 1.165) is 31.5 Å². The van der Waals surface area contributed by atoms with Crippen molar-refractivity contribution in [2.24, 2.45) is 0 Å². The standard InChI is InChI=1S/C24H19ClN4O4/c25-17-6-10-22-19(14-17)27-24(33-22)15-3-7-18(8-4-15)26-23(30)16-5-9-20(21(13-16)29(31)32)28-11-1-2-12-28/h3-10,13-14H,1-2,11-12H2,(H,26,30). The summed E-state index contributed by atoms with van der Waals surface area (Å²) >= 11 is 6.00. The number of amides is 1. The lowest BCUT2D eigenvalue weighted by molar-refractivity contribution is -0.384. The summed E-state index contributed by atoms with van der Waals surface area (Å²) in [6.45, 7) is 1.57. The van der Waals surface area contributed by atoms with Gasteiger partial charge in [0.15, 0.2) is 5.58 Å². The zero-order chi connectivity index (χ0) is 22.9. The molecule has 1 saturated heterocycles. The predicted octanol–water partition coefficient (Wildman–Crippen LogP) is 5.91. The van der Waals surface area contributed by atoms with Crippen LogP contribution in [0.15, 0.2) is 65.1 Å². The van der Waals surface area contributed by atoms with Gasteiger partial charge in [0, 0.05) is 41.0 Å². The van der Waals surface area contributed by atoms with Gasteiger partial charge in [0.2, 0.25) is 5.89 Å². The van der Waals surface area contributed by atoms with Crippen molar-refractivity contribution in [3.05, 3.63) is 81.4 Å². The molecule has 9 heteroatoms. The van der Waals surface area contributed by atoms with Gasteiger partial charge in [-0.05, 0) is 67.4 Å². The van der Waals surface area contributed by atoms with Crippen molar-refractivity contribution in [3.63, 3.8) is 0 Å². The van der Waals surface area contributed by atoms with Crippen LogP contribution in [0.1, 0.15) is 23.2 Å². The summed E-state index contributed by atoms with van der Waals surface area (Å²) in [5.74, 6) is 0.0218. The van der Waals surface area contributed by atoms with Crippen LogP contribution in [0.25, 0.3) is 22.6 Å². The molecule has 1 fully saturated rings. The Balaban J connectivity index is 1.34. The summed E-state index contributed by atoms with van der Waals surface area (Å²) in [7, 11) is 0. The van der Waals surface area contributed by atoms with Crippen molar-refractivity contribution in [2.45, 2.75) is 12.8 Å². The fourth-order valence-electron chi connectivity index (χ4n) is 3.96. The number of halogens is 1. The van der Waals surface area contributed by atoms with Gasteiger partial charge >= 0.3 is 0 Å². The molecule has 0 aliphatic carbocycles. The molecule has 0 spiro atoms. The normalized spacial score (nSPS) is 13.4. The first-order valence-corrected chi connectivity index (χ1v) is 10.9. The Kier molecular flexibility index (Phi) is 5.43. The molecule has 8 nitrogen and oxygen atoms in total. The van der Waals surface area contributed by atoms with Gasteiger partial charge in [-0.25, -0.2) is 4.98 Å². The molecule has 1 amide bonds. The average molecular weight is 463 g/mol. The van der Waals surface area contributed by atoms with Crippen LogP contribution in [0.3, 0.4) is 0 Å². The number of hydrogen-bond donors (Lipinski definition) is 1. The number of rotatable bonds is 5. The highest BCUT2D eigenvalue weighted by molar-refractivity contribution is 6.31. The summed E-state index contributed by atoms with van der Waals surface area (Å²) < 4.78 is 5.76. The van der Waals surface area contributed by atoms with Gasteiger partial charge in [-0.15, -0.1) is 0 Å². The van der Waals surface area contributed by atoms with Crippen LogP contribution in [0, 0.1) is 10.1 Å². The summed E-state index contributed by atoms with van der Waals surface area (Å²) in [6, 6.07) is 16.8. The first kappa shape index (κ1) is 21.0. The van der Waals surface area contributed by atoms with Crippen LogP contribution in [0.5, 0.6) is 0 Å². The Labute approximate surface area is 193 Å². The van der Waals surface area contributed by atoms with E-state index >= 15 is 0 Å². The molecule has 0 saturated carbocycles. The number of anilines is 2. The molecular weight excluding hydrogens is 444 g/mol. The molecule has 1 aromatic heterocycles. The number of carbonyl (C=O) groups is 1. The summed E-state index contributed by atoms with van der Waals surface area (Å²) in [5, 5.41) is 15.0. The molecular formula is C24H19ClN4O4. The van der Waals surface area contributed by atoms with Gasteiger partial charge in [0.05, 0.1) is 4.92 Å². The van der Waals surface area contributed by atoms with Crippen LogP contribution >= 0.6 is 11.6 Å². The Hall–Kier alpha value is -3.91. The third-order valence-corrected chi connectivity index (χ3v) is 5.86. The second-order valence-corrected chi connectivity index (χ2v) is 8.25. The van der Waals surface area contributed by atoms with E-state index in [2.05, 4.69) is 10.3 Å². The maximum atomic E-state index is 12.7. The van der Waals surface area contributed by atoms with Gasteiger partial charge in [0.25, 0.3) is 11.6 Å². The molecule has 33 heavy (non-hydrogen) atoms. The molecule has 4 aromatic rings. The molecule has 1 aliphatic rings. The van der Waals surface area contributed by atoms with E-state index in [0.29, 0.717) is 33.4 Å². The topological polar surface area (TPSA) is 102 Å². The maximum Gasteiger partial charge on any atom is 0.293 e. The van der Waals surface area contributed by atoms with E-state index in [1.54, 1.807) is 54.6 Å². The van der Waals surface area contributed by atoms with Gasteiger partial charge in [-0.3, -0.25) is 14.9 Å². The van der Waals surface area contributed by atoms with Crippen molar-refractivity contribution in [1.82, 2.24) is 4.98 Å². The number of carbonyl (C=O) groups excluding carboxylic acids is 1. The minimum Gasteiger partial charge on any atom is -0.436 e. The van der Waals surface area contributed by atoms with Crippen LogP contribution in [0.2, 0.25) is 5.02 Å². The third-order valence-electron chi connectivity index (χ3n) is 5.62. The van der Waals surface area contributed by atoms with Crippen LogP contribution in [0.4, 0.5) is 17.1 Å². The van der Waals surface area contributed by atoms with Crippen LogP contribution < -0.4 is 10.2 Å². The number of nitro groups is 1. The SMILES string of the molecule is O=C(Nc1ccc(-c2nc3cc(Cl)ccc3o2)cc1)c1ccc(N2CCCC2)c([N+](=O)[O-])c1. The van der Waals surface area contributed by atoms with Crippen molar-refractivity contribution >= 4 is 45.7 Å². The fraction of sp³-hybridized carbons (Fsp3) is 0.167. The molecule has 0 atom stereocenters. The van der Waals surface area contributed by atoms with E-state index in [1.807, 2.05) is 4.90 Å². The Morgan fingerprint density at radius 1 is 1.06 bits per heavy atom. The summed E-state index contributed by atoms with van der Waals surface area (Å²) in [5.41, 5.74) is 3.30. The summed E-state index contributed by atoms with van der Waals surface area (Å²) in [4.78, 5) is 30.3. The maximum absolute atomic E-state index is 12.7. The highest BCUT2D eigenvalue weighted by Crippen LogP contribution is 2.32. The number of oxazole rings is 1. The second-order valence-electron chi connectivity index (χ2n) is 7.82. The molecule has 3 aromatic carbocycles. The van der Waals surface area contributed by atoms with Gasteiger partial charge in [-0.2, -0.15) is 0 Å². The number of aromatic nitrogens is 1. The molecule has 2 heterocycles. The Bertz CT molecular complexity index is 1360. The van der Waals surface area contributed by atoms with E-state index < -0.39 is 10.8 Å². The van der Waals surface area contributed by atoms with E-state index in [9.17, 15) is 14.9 Å². The largest absolute Gasteiger partial charge is 0.436 e. The number of fused-ring (bicyclic) bond motifs is 1. The molecule has 166 valence electrons. The first-order valence-electron chi connectivity index (χ1n) is 10.5. The van der Waals surface area contributed by atoms with Gasteiger partial charge < -0.3 is 14.6 Å². The monoisotopic (exact) mass is 462 g/mol. The number of hydrogen-bond acceptors (Lipinski definition) is 6. The van der Waals surface area contributed by atoms with Gasteiger partial charge in [-0.1, -0.05) is 11.6 Å². The van der Waals surface area contributed by atoms with E-state index in [-0.39, 0.29) is 11.3 Å². The van der Waals surface area contributed by atoms with E-state index in [1.165, 1.54) is 6.07 Å². The number of nitrogens with zero attached hydrogens (tertiary/aromatic N) is 3. The minimum atomic E-state index is -0.438. The number of benzene rings is 3.